The van der Waals surface area contributed by atoms with Crippen molar-refractivity contribution >= 4 is 23.6 Å². The summed E-state index contributed by atoms with van der Waals surface area (Å²) in [5.74, 6) is -1.25. The summed E-state index contributed by atoms with van der Waals surface area (Å²) in [6.07, 6.45) is 0. The van der Waals surface area contributed by atoms with Crippen molar-refractivity contribution in [2.24, 2.45) is 0 Å². The molecule has 126 valence electrons. The molecule has 0 radical (unpaired) electrons. The molecule has 2 aromatic rings. The van der Waals surface area contributed by atoms with E-state index in [0.29, 0.717) is 17.1 Å². The number of halogens is 1. The molecule has 0 unspecified atom stereocenters. The van der Waals surface area contributed by atoms with Crippen LogP contribution in [0.15, 0.2) is 53.4 Å². The highest BCUT2D eigenvalue weighted by Crippen LogP contribution is 2.20. The molecule has 0 atom stereocenters. The first-order valence-corrected chi connectivity index (χ1v) is 8.13. The molecule has 0 bridgehead atoms. The molecule has 0 aliphatic heterocycles. The fourth-order valence-electron chi connectivity index (χ4n) is 1.91. The minimum Gasteiger partial charge on any atom is -0.380 e. The molecule has 0 aromatic heterocycles. The second kappa shape index (κ2) is 9.05. The number of benzene rings is 2. The number of carbonyl (C=O) groups is 2. The Bertz CT molecular complexity index is 724. The maximum atomic E-state index is 13.4. The van der Waals surface area contributed by atoms with Gasteiger partial charge in [-0.3, -0.25) is 20.4 Å². The predicted molar refractivity (Wildman–Crippen MR) is 89.9 cm³/mol. The predicted octanol–water partition coefficient (Wildman–Crippen LogP) is 2.53. The number of ether oxygens (including phenoxy) is 1. The minimum absolute atomic E-state index is 0.00900. The minimum atomic E-state index is -0.433. The van der Waals surface area contributed by atoms with Crippen LogP contribution in [-0.2, 0) is 16.1 Å². The van der Waals surface area contributed by atoms with Crippen LogP contribution in [0, 0.1) is 5.82 Å². The van der Waals surface area contributed by atoms with Crippen LogP contribution in [0.3, 0.4) is 0 Å². The molecule has 2 N–H and O–H groups in total. The molecule has 24 heavy (non-hydrogen) atoms. The molecule has 0 fully saturated rings. The van der Waals surface area contributed by atoms with Gasteiger partial charge in [-0.2, -0.15) is 0 Å². The third-order valence-electron chi connectivity index (χ3n) is 3.01. The molecule has 5 nitrogen and oxygen atoms in total. The first-order chi connectivity index (χ1) is 11.6. The van der Waals surface area contributed by atoms with E-state index in [1.807, 2.05) is 6.07 Å². The van der Waals surface area contributed by atoms with Crippen LogP contribution < -0.4 is 10.9 Å². The number of hydrogen-bond donors (Lipinski definition) is 2. The Morgan fingerprint density at radius 3 is 2.67 bits per heavy atom. The zero-order valence-corrected chi connectivity index (χ0v) is 13.9. The van der Waals surface area contributed by atoms with Gasteiger partial charge in [0.25, 0.3) is 5.91 Å². The number of hydrogen-bond acceptors (Lipinski definition) is 4. The van der Waals surface area contributed by atoms with Gasteiger partial charge in [0.2, 0.25) is 5.91 Å². The number of carbonyl (C=O) groups excluding carboxylic acids is 2. The van der Waals surface area contributed by atoms with Crippen LogP contribution >= 0.6 is 11.8 Å². The van der Waals surface area contributed by atoms with Crippen molar-refractivity contribution in [1.29, 1.82) is 0 Å². The Labute approximate surface area is 143 Å². The molecule has 0 aliphatic rings. The number of methoxy groups -OCH3 is 1. The number of amides is 2. The molecule has 0 heterocycles. The van der Waals surface area contributed by atoms with Gasteiger partial charge in [-0.25, -0.2) is 4.39 Å². The summed E-state index contributed by atoms with van der Waals surface area (Å²) in [6, 6.07) is 13.1. The number of hydrazine groups is 1. The zero-order chi connectivity index (χ0) is 17.4. The molecule has 0 saturated carbocycles. The summed E-state index contributed by atoms with van der Waals surface area (Å²) in [5, 5.41) is 0. The second-order valence-corrected chi connectivity index (χ2v) is 5.87. The third-order valence-corrected chi connectivity index (χ3v) is 4.06. The molecule has 0 saturated heterocycles. The maximum absolute atomic E-state index is 13.4. The molecule has 2 aromatic carbocycles. The zero-order valence-electron chi connectivity index (χ0n) is 13.0. The van der Waals surface area contributed by atoms with Crippen molar-refractivity contribution in [1.82, 2.24) is 10.9 Å². The monoisotopic (exact) mass is 348 g/mol. The van der Waals surface area contributed by atoms with E-state index in [0.717, 1.165) is 17.3 Å². The summed E-state index contributed by atoms with van der Waals surface area (Å²) in [5.41, 5.74) is 5.90. The van der Waals surface area contributed by atoms with Gasteiger partial charge >= 0.3 is 0 Å². The summed E-state index contributed by atoms with van der Waals surface area (Å²) in [6.45, 7) is 0.396. The fraction of sp³-hybridized carbons (Fsp3) is 0.176. The smallest absolute Gasteiger partial charge is 0.269 e. The Hall–Kier alpha value is -2.38. The average Bonchev–Trinajstić information content (AvgIpc) is 2.59. The van der Waals surface area contributed by atoms with E-state index in [-0.39, 0.29) is 11.6 Å². The third kappa shape index (κ3) is 5.36. The van der Waals surface area contributed by atoms with Gasteiger partial charge in [0, 0.05) is 17.6 Å². The fourth-order valence-corrected chi connectivity index (χ4v) is 2.65. The van der Waals surface area contributed by atoms with E-state index in [2.05, 4.69) is 10.9 Å². The van der Waals surface area contributed by atoms with E-state index in [1.165, 1.54) is 6.07 Å². The topological polar surface area (TPSA) is 67.4 Å². The highest BCUT2D eigenvalue weighted by Gasteiger charge is 2.09. The lowest BCUT2D eigenvalue weighted by Gasteiger charge is -2.08. The van der Waals surface area contributed by atoms with Crippen LogP contribution in [-0.4, -0.2) is 24.7 Å². The van der Waals surface area contributed by atoms with Gasteiger partial charge in [-0.05, 0) is 29.8 Å². The van der Waals surface area contributed by atoms with Gasteiger partial charge in [0.05, 0.1) is 12.4 Å². The van der Waals surface area contributed by atoms with E-state index >= 15 is 0 Å². The van der Waals surface area contributed by atoms with Crippen LogP contribution in [0.4, 0.5) is 4.39 Å². The van der Waals surface area contributed by atoms with Crippen molar-refractivity contribution in [3.05, 3.63) is 65.5 Å². The molecule has 2 amide bonds. The molecule has 0 spiro atoms. The van der Waals surface area contributed by atoms with Gasteiger partial charge in [-0.15, -0.1) is 11.8 Å². The van der Waals surface area contributed by atoms with Gasteiger partial charge in [-0.1, -0.05) is 24.3 Å². The maximum Gasteiger partial charge on any atom is 0.269 e. The lowest BCUT2D eigenvalue weighted by molar-refractivity contribution is -0.119. The lowest BCUT2D eigenvalue weighted by Crippen LogP contribution is -2.42. The standard InChI is InChI=1S/C17H17FN2O3S/c1-23-10-12-5-4-6-13(9-12)17(22)20-19-16(21)11-24-15-8-3-2-7-14(15)18/h2-9H,10-11H2,1H3,(H,19,21)(H,20,22). The van der Waals surface area contributed by atoms with Gasteiger partial charge in [0.1, 0.15) is 5.82 Å². The molecular formula is C17H17FN2O3S. The largest absolute Gasteiger partial charge is 0.380 e. The van der Waals surface area contributed by atoms with Crippen LogP contribution in [0.25, 0.3) is 0 Å². The molecular weight excluding hydrogens is 331 g/mol. The normalized spacial score (nSPS) is 10.2. The SMILES string of the molecule is COCc1cccc(C(=O)NNC(=O)CSc2ccccc2F)c1. The van der Waals surface area contributed by atoms with Crippen molar-refractivity contribution in [3.8, 4) is 0 Å². The Kier molecular flexibility index (Phi) is 6.77. The highest BCUT2D eigenvalue weighted by atomic mass is 32.2. The second-order valence-electron chi connectivity index (χ2n) is 4.85. The number of nitrogens with one attached hydrogen (secondary N) is 2. The average molecular weight is 348 g/mol. The Morgan fingerprint density at radius 1 is 1.12 bits per heavy atom. The van der Waals surface area contributed by atoms with Crippen LogP contribution in [0.1, 0.15) is 15.9 Å². The first kappa shape index (κ1) is 18.0. The number of rotatable bonds is 6. The quantitative estimate of drug-likeness (QED) is 0.622. The summed E-state index contributed by atoms with van der Waals surface area (Å²) < 4.78 is 18.5. The van der Waals surface area contributed by atoms with Crippen molar-refractivity contribution in [2.75, 3.05) is 12.9 Å². The van der Waals surface area contributed by atoms with Crippen LogP contribution in [0.2, 0.25) is 0 Å². The summed E-state index contributed by atoms with van der Waals surface area (Å²) in [4.78, 5) is 24.1. The Balaban J connectivity index is 1.82. The van der Waals surface area contributed by atoms with Gasteiger partial charge < -0.3 is 4.74 Å². The van der Waals surface area contributed by atoms with Crippen molar-refractivity contribution in [3.63, 3.8) is 0 Å². The highest BCUT2D eigenvalue weighted by molar-refractivity contribution is 8.00. The molecule has 2 rings (SSSR count). The summed E-state index contributed by atoms with van der Waals surface area (Å²) in [7, 11) is 1.57. The van der Waals surface area contributed by atoms with Gasteiger partial charge in [0.15, 0.2) is 0 Å². The van der Waals surface area contributed by atoms with E-state index in [9.17, 15) is 14.0 Å². The first-order valence-electron chi connectivity index (χ1n) is 7.14. The van der Waals surface area contributed by atoms with Crippen LogP contribution in [0.5, 0.6) is 0 Å². The van der Waals surface area contributed by atoms with Crippen molar-refractivity contribution in [2.45, 2.75) is 11.5 Å². The van der Waals surface area contributed by atoms with Crippen molar-refractivity contribution < 1.29 is 18.7 Å². The Morgan fingerprint density at radius 2 is 1.92 bits per heavy atom. The number of thioether (sulfide) groups is 1. The molecule has 7 heteroatoms. The summed E-state index contributed by atoms with van der Waals surface area (Å²) >= 11 is 1.06. The molecule has 0 aliphatic carbocycles. The van der Waals surface area contributed by atoms with E-state index in [4.69, 9.17) is 4.74 Å². The lowest BCUT2D eigenvalue weighted by atomic mass is 10.1. The van der Waals surface area contributed by atoms with E-state index < -0.39 is 11.8 Å². The van der Waals surface area contributed by atoms with E-state index in [1.54, 1.807) is 43.5 Å².